The normalized spacial score (nSPS) is 21.7. The van der Waals surface area contributed by atoms with E-state index in [1.54, 1.807) is 20.8 Å². The number of nitrogens with one attached hydrogen (secondary N) is 1. The number of H-pyrrole nitrogens is 1. The van der Waals surface area contributed by atoms with Gasteiger partial charge in [-0.3, -0.25) is 24.4 Å². The first-order chi connectivity index (χ1) is 22.5. The van der Waals surface area contributed by atoms with E-state index in [2.05, 4.69) is 23.1 Å². The third-order valence-corrected chi connectivity index (χ3v) is 10.8. The Morgan fingerprint density at radius 2 is 1.86 bits per heavy atom. The number of nitrogens with two attached hydrogens (primary N) is 1. The third-order valence-electron chi connectivity index (χ3n) is 7.02. The lowest BCUT2D eigenvalue weighted by molar-refractivity contribution is -0.386. The molecule has 3 heterocycles. The lowest BCUT2D eigenvalue weighted by Gasteiger charge is -2.31. The van der Waals surface area contributed by atoms with Crippen molar-refractivity contribution in [1.82, 2.24) is 14.5 Å². The average Bonchev–Trinajstić information content (AvgIpc) is 3.48. The fourth-order valence-electron chi connectivity index (χ4n) is 5.10. The van der Waals surface area contributed by atoms with Crippen LogP contribution in [0.5, 0.6) is 5.75 Å². The lowest BCUT2D eigenvalue weighted by atomic mass is 9.83. The molecule has 22 nitrogen and oxygen atoms in total. The highest BCUT2D eigenvalue weighted by Gasteiger charge is 2.43. The second-order valence-corrected chi connectivity index (χ2v) is 16.2. The summed E-state index contributed by atoms with van der Waals surface area (Å²) >= 11 is 0. The van der Waals surface area contributed by atoms with Crippen LogP contribution in [0.4, 0.5) is 11.6 Å². The molecule has 6 atom stereocenters. The number of phosphoric ester groups is 1. The first-order valence-electron chi connectivity index (χ1n) is 14.0. The maximum atomic E-state index is 13.1. The van der Waals surface area contributed by atoms with Gasteiger partial charge in [-0.2, -0.15) is 13.6 Å². The van der Waals surface area contributed by atoms with Crippen LogP contribution in [0, 0.1) is 15.5 Å². The van der Waals surface area contributed by atoms with Crippen LogP contribution in [-0.2, 0) is 42.9 Å². The lowest BCUT2D eigenvalue weighted by Crippen LogP contribution is -2.26. The molecule has 8 N–H and O–H groups in total. The zero-order valence-electron chi connectivity index (χ0n) is 26.1. The molecule has 1 saturated heterocycles. The fraction of sp³-hybridized carbons (Fsp3) is 0.500. The minimum absolute atomic E-state index is 0.00902. The highest BCUT2D eigenvalue weighted by atomic mass is 31.3. The first kappa shape index (κ1) is 38.7. The van der Waals surface area contributed by atoms with Crippen LogP contribution in [0.3, 0.4) is 0 Å². The van der Waals surface area contributed by atoms with Gasteiger partial charge in [0.2, 0.25) is 5.95 Å². The smallest absolute Gasteiger partial charge is 0.490 e. The summed E-state index contributed by atoms with van der Waals surface area (Å²) in [4.78, 5) is 67.5. The minimum Gasteiger partial charge on any atom is -0.497 e. The Morgan fingerprint density at radius 3 is 2.45 bits per heavy atom. The van der Waals surface area contributed by atoms with Gasteiger partial charge in [-0.1, -0.05) is 20.8 Å². The van der Waals surface area contributed by atoms with Crippen molar-refractivity contribution in [3.05, 3.63) is 56.0 Å². The summed E-state index contributed by atoms with van der Waals surface area (Å²) in [7, 11) is -15.5. The van der Waals surface area contributed by atoms with Crippen molar-refractivity contribution < 1.29 is 70.7 Å². The molecule has 0 spiro atoms. The summed E-state index contributed by atoms with van der Waals surface area (Å²) < 4.78 is 65.2. The molecule has 4 rings (SSSR count). The van der Waals surface area contributed by atoms with E-state index < -0.39 is 70.5 Å². The Morgan fingerprint density at radius 1 is 1.18 bits per heavy atom. The number of aromatic nitrogens is 3. The van der Waals surface area contributed by atoms with Crippen LogP contribution in [0.25, 0.3) is 11.0 Å². The van der Waals surface area contributed by atoms with E-state index in [-0.39, 0.29) is 46.8 Å². The maximum Gasteiger partial charge on any atom is 0.490 e. The van der Waals surface area contributed by atoms with Gasteiger partial charge in [-0.25, -0.2) is 13.7 Å². The van der Waals surface area contributed by atoms with Crippen LogP contribution in [0.2, 0.25) is 0 Å². The molecule has 0 radical (unpaired) electrons. The van der Waals surface area contributed by atoms with Crippen molar-refractivity contribution in [2.75, 3.05) is 19.5 Å². The molecular weight excluding hydrogens is 723 g/mol. The number of nitrogens with zero attached hydrogens (tertiary/aromatic N) is 3. The number of nitro groups is 1. The molecule has 1 aliphatic rings. The molecule has 272 valence electrons. The number of methoxy groups -OCH3 is 1. The van der Waals surface area contributed by atoms with Crippen LogP contribution in [-0.4, -0.2) is 70.1 Å². The van der Waals surface area contributed by atoms with Gasteiger partial charge in [0.05, 0.1) is 48.4 Å². The molecule has 3 aromatic rings. The van der Waals surface area contributed by atoms with Gasteiger partial charge in [0.25, 0.3) is 11.2 Å². The zero-order valence-corrected chi connectivity index (χ0v) is 28.8. The molecule has 49 heavy (non-hydrogen) atoms. The number of nitro benzene ring substituents is 1. The van der Waals surface area contributed by atoms with E-state index in [1.165, 1.54) is 36.1 Å². The number of aromatic amines is 1. The molecule has 2 aromatic heterocycles. The number of anilines is 1. The Balaban J connectivity index is 1.60. The minimum atomic E-state index is -5.78. The third kappa shape index (κ3) is 9.59. The Kier molecular flexibility index (Phi) is 11.3. The van der Waals surface area contributed by atoms with Crippen LogP contribution >= 0.6 is 23.5 Å². The molecule has 0 amide bonds. The van der Waals surface area contributed by atoms with Crippen molar-refractivity contribution in [1.29, 1.82) is 0 Å². The Labute approximate surface area is 276 Å². The second-order valence-electron chi connectivity index (χ2n) is 11.8. The number of aliphatic hydroxyl groups excluding tert-OH is 1. The van der Waals surface area contributed by atoms with Crippen LogP contribution in [0.15, 0.2) is 29.2 Å². The maximum absolute atomic E-state index is 13.1. The second kappa shape index (κ2) is 14.3. The van der Waals surface area contributed by atoms with E-state index in [4.69, 9.17) is 29.7 Å². The number of aliphatic hydroxyl groups is 1. The van der Waals surface area contributed by atoms with Gasteiger partial charge >= 0.3 is 23.5 Å². The van der Waals surface area contributed by atoms with Crippen molar-refractivity contribution in [3.8, 4) is 5.75 Å². The monoisotopic (exact) mass is 757 g/mol. The largest absolute Gasteiger partial charge is 0.497 e. The van der Waals surface area contributed by atoms with Crippen molar-refractivity contribution in [2.45, 2.75) is 58.3 Å². The van der Waals surface area contributed by atoms with E-state index in [1.807, 2.05) is 0 Å². The Bertz CT molecular complexity index is 1920. The predicted octanol–water partition coefficient (Wildman–Crippen LogP) is 2.52. The number of benzene rings is 1. The number of hydrogen-bond acceptors (Lipinski definition) is 15. The van der Waals surface area contributed by atoms with Gasteiger partial charge in [0, 0.05) is 24.2 Å². The average molecular weight is 757 g/mol. The summed E-state index contributed by atoms with van der Waals surface area (Å²) in [5, 5.41) is 22.5. The molecule has 4 unspecified atom stereocenters. The molecule has 0 saturated carbocycles. The SMILES string of the molecule is COc1ccc([N+](=O)[O-])c(C(OCc2cn([C@H]3CC(O)[C@@H](COP(=O)(O)OP(=O)(O)OP(=O)(O)O)O3)c3nc(N)[nH]c(=O)c23)C(C)(C)C)c1. The highest BCUT2D eigenvalue weighted by Crippen LogP contribution is 2.66. The summed E-state index contributed by atoms with van der Waals surface area (Å²) in [6.07, 6.45) is -3.56. The molecule has 1 aliphatic heterocycles. The van der Waals surface area contributed by atoms with Crippen LogP contribution in [0.1, 0.15) is 50.7 Å². The summed E-state index contributed by atoms with van der Waals surface area (Å²) in [5.74, 6) is 0.0808. The van der Waals surface area contributed by atoms with Gasteiger partial charge in [0.15, 0.2) is 5.65 Å². The Hall–Kier alpha value is -3.07. The van der Waals surface area contributed by atoms with Gasteiger partial charge in [0.1, 0.15) is 18.1 Å². The van der Waals surface area contributed by atoms with E-state index in [0.29, 0.717) is 5.75 Å². The standard InChI is InChI=1S/C24H34N5O17P3/c1-24(2,3)20(14-7-13(41-4)5-6-15(14)29(32)33)42-10-12-9-28(21-19(12)22(31)27-23(25)26-21)18-8-16(30)17(44-18)11-43-48(37,38)46-49(39,40)45-47(34,35)36/h5-7,9,16-18,20,30H,8,10-11H2,1-4H3,(H,37,38)(H,39,40)(H2,34,35,36)(H3,25,26,27,31)/t16?,17-,18-,20?/m1/s1. The topological polar surface area (TPSA) is 328 Å². The van der Waals surface area contributed by atoms with E-state index in [0.717, 1.165) is 0 Å². The van der Waals surface area contributed by atoms with Gasteiger partial charge in [-0.15, -0.1) is 0 Å². The predicted molar refractivity (Wildman–Crippen MR) is 166 cm³/mol. The molecule has 0 aliphatic carbocycles. The highest BCUT2D eigenvalue weighted by molar-refractivity contribution is 7.66. The molecular formula is C24H34N5O17P3. The first-order valence-corrected chi connectivity index (χ1v) is 18.5. The number of nitrogen functional groups attached to an aromatic ring is 1. The van der Waals surface area contributed by atoms with Crippen LogP contribution < -0.4 is 16.0 Å². The molecule has 0 bridgehead atoms. The number of fused-ring (bicyclic) bond motifs is 1. The number of rotatable bonds is 14. The summed E-state index contributed by atoms with van der Waals surface area (Å²) in [6, 6.07) is 4.22. The molecule has 25 heteroatoms. The van der Waals surface area contributed by atoms with Crippen molar-refractivity contribution in [3.63, 3.8) is 0 Å². The summed E-state index contributed by atoms with van der Waals surface area (Å²) in [5.41, 5.74) is 4.66. The quantitative estimate of drug-likeness (QED) is 0.0705. The number of ether oxygens (including phenoxy) is 3. The fourth-order valence-corrected chi connectivity index (χ4v) is 8.13. The zero-order chi connectivity index (χ0) is 36.7. The molecule has 1 fully saturated rings. The molecule has 1 aromatic carbocycles. The van der Waals surface area contributed by atoms with Crippen molar-refractivity contribution >= 4 is 46.1 Å². The van der Waals surface area contributed by atoms with E-state index >= 15 is 0 Å². The number of hydrogen-bond donors (Lipinski definition) is 7. The summed E-state index contributed by atoms with van der Waals surface area (Å²) in [6.45, 7) is 4.19. The van der Waals surface area contributed by atoms with Gasteiger partial charge < -0.3 is 49.2 Å². The van der Waals surface area contributed by atoms with E-state index in [9.17, 15) is 43.5 Å². The van der Waals surface area contributed by atoms with Crippen molar-refractivity contribution in [2.24, 2.45) is 5.41 Å². The number of phosphoric acid groups is 3. The van der Waals surface area contributed by atoms with Gasteiger partial charge in [-0.05, 0) is 17.5 Å².